The Morgan fingerprint density at radius 2 is 2.05 bits per heavy atom. The van der Waals surface area contributed by atoms with Gasteiger partial charge in [-0.1, -0.05) is 19.1 Å². The van der Waals surface area contributed by atoms with Gasteiger partial charge in [0.05, 0.1) is 0 Å². The lowest BCUT2D eigenvalue weighted by Gasteiger charge is -2.19. The summed E-state index contributed by atoms with van der Waals surface area (Å²) in [5, 5.41) is 22.1. The molecule has 4 nitrogen and oxygen atoms in total. The Morgan fingerprint density at radius 1 is 1.30 bits per heavy atom. The summed E-state index contributed by atoms with van der Waals surface area (Å²) in [6, 6.07) is 6.29. The molecule has 0 saturated carbocycles. The smallest absolute Gasteiger partial charge is 0.122 e. The van der Waals surface area contributed by atoms with Crippen LogP contribution in [0.25, 0.3) is 0 Å². The van der Waals surface area contributed by atoms with Gasteiger partial charge in [0.1, 0.15) is 18.5 Å². The predicted molar refractivity (Wildman–Crippen MR) is 81.2 cm³/mol. The number of hydrogen-bond acceptors (Lipinski definition) is 4. The highest BCUT2D eigenvalue weighted by molar-refractivity contribution is 5.35. The predicted octanol–water partition coefficient (Wildman–Crippen LogP) is 1.79. The molecule has 0 bridgehead atoms. The van der Waals surface area contributed by atoms with Gasteiger partial charge in [0.15, 0.2) is 0 Å². The van der Waals surface area contributed by atoms with Crippen LogP contribution in [0.2, 0.25) is 0 Å². The minimum atomic E-state index is -0.553. The molecule has 20 heavy (non-hydrogen) atoms. The van der Waals surface area contributed by atoms with Crippen LogP contribution in [0.4, 0.5) is 0 Å². The zero-order valence-electron chi connectivity index (χ0n) is 12.7. The van der Waals surface area contributed by atoms with Crippen LogP contribution in [-0.2, 0) is 0 Å². The molecule has 0 radical (unpaired) electrons. The highest BCUT2D eigenvalue weighted by Gasteiger charge is 2.10. The van der Waals surface area contributed by atoms with Gasteiger partial charge in [0.2, 0.25) is 0 Å². The van der Waals surface area contributed by atoms with Gasteiger partial charge in [0.25, 0.3) is 0 Å². The van der Waals surface area contributed by atoms with Crippen LogP contribution >= 0.6 is 0 Å². The maximum absolute atomic E-state index is 9.93. The van der Waals surface area contributed by atoms with E-state index in [1.165, 1.54) is 0 Å². The van der Waals surface area contributed by atoms with Gasteiger partial charge < -0.3 is 20.3 Å². The third-order valence-corrected chi connectivity index (χ3v) is 3.39. The molecule has 0 aromatic heterocycles. The van der Waals surface area contributed by atoms with Gasteiger partial charge in [-0.2, -0.15) is 0 Å². The molecule has 2 atom stereocenters. The summed E-state index contributed by atoms with van der Waals surface area (Å²) >= 11 is 0. The van der Waals surface area contributed by atoms with Crippen molar-refractivity contribution in [2.75, 3.05) is 19.8 Å². The van der Waals surface area contributed by atoms with Crippen LogP contribution in [-0.4, -0.2) is 42.1 Å². The quantitative estimate of drug-likeness (QED) is 0.646. The Morgan fingerprint density at radius 3 is 2.70 bits per heavy atom. The third-order valence-electron chi connectivity index (χ3n) is 3.39. The molecule has 0 fully saturated rings. The number of hydrogen-bond donors (Lipinski definition) is 3. The van der Waals surface area contributed by atoms with E-state index in [-0.39, 0.29) is 19.3 Å². The van der Waals surface area contributed by atoms with Crippen molar-refractivity contribution in [1.29, 1.82) is 0 Å². The Balaban J connectivity index is 2.35. The van der Waals surface area contributed by atoms with Gasteiger partial charge in [0, 0.05) is 19.2 Å². The first-order chi connectivity index (χ1) is 9.56. The van der Waals surface area contributed by atoms with Crippen molar-refractivity contribution in [1.82, 2.24) is 5.32 Å². The first-order valence-corrected chi connectivity index (χ1v) is 7.29. The van der Waals surface area contributed by atoms with Crippen LogP contribution in [0, 0.1) is 13.8 Å². The summed E-state index contributed by atoms with van der Waals surface area (Å²) < 4.78 is 5.67. The van der Waals surface area contributed by atoms with E-state index >= 15 is 0 Å². The van der Waals surface area contributed by atoms with Gasteiger partial charge in [-0.05, 0) is 43.9 Å². The van der Waals surface area contributed by atoms with Crippen LogP contribution < -0.4 is 10.1 Å². The number of rotatable bonds is 9. The molecule has 0 saturated heterocycles. The van der Waals surface area contributed by atoms with Crippen LogP contribution in [0.1, 0.15) is 30.9 Å². The number of aryl methyl sites for hydroxylation is 2. The average molecular weight is 281 g/mol. The van der Waals surface area contributed by atoms with E-state index in [4.69, 9.17) is 9.84 Å². The van der Waals surface area contributed by atoms with Crippen LogP contribution in [0.5, 0.6) is 5.75 Å². The summed E-state index contributed by atoms with van der Waals surface area (Å²) in [6.45, 7) is 6.99. The lowest BCUT2D eigenvalue weighted by Crippen LogP contribution is -2.38. The molecule has 0 spiro atoms. The van der Waals surface area contributed by atoms with Crippen molar-refractivity contribution in [3.8, 4) is 5.75 Å². The summed E-state index contributed by atoms with van der Waals surface area (Å²) in [7, 11) is 0. The lowest BCUT2D eigenvalue weighted by molar-refractivity contribution is 0.101. The molecule has 4 heteroatoms. The van der Waals surface area contributed by atoms with E-state index in [9.17, 15) is 5.11 Å². The van der Waals surface area contributed by atoms with Gasteiger partial charge >= 0.3 is 0 Å². The van der Waals surface area contributed by atoms with Crippen molar-refractivity contribution in [2.45, 2.75) is 45.8 Å². The van der Waals surface area contributed by atoms with Crippen molar-refractivity contribution < 1.29 is 14.9 Å². The van der Waals surface area contributed by atoms with Gasteiger partial charge in [-0.25, -0.2) is 0 Å². The largest absolute Gasteiger partial charge is 0.491 e. The summed E-state index contributed by atoms with van der Waals surface area (Å²) in [5.74, 6) is 0.825. The summed E-state index contributed by atoms with van der Waals surface area (Å²) in [4.78, 5) is 0. The number of ether oxygens (including phenoxy) is 1. The topological polar surface area (TPSA) is 61.7 Å². The molecule has 0 aliphatic carbocycles. The van der Waals surface area contributed by atoms with Crippen LogP contribution in [0.3, 0.4) is 0 Å². The normalized spacial score (nSPS) is 14.1. The molecular weight excluding hydrogens is 254 g/mol. The molecule has 2 unspecified atom stereocenters. The fourth-order valence-corrected chi connectivity index (χ4v) is 2.02. The first-order valence-electron chi connectivity index (χ1n) is 7.29. The van der Waals surface area contributed by atoms with Crippen molar-refractivity contribution in [3.63, 3.8) is 0 Å². The molecule has 114 valence electrons. The molecule has 1 aromatic rings. The number of aliphatic hydroxyl groups is 2. The monoisotopic (exact) mass is 281 g/mol. The van der Waals surface area contributed by atoms with E-state index in [2.05, 4.69) is 12.2 Å². The minimum Gasteiger partial charge on any atom is -0.491 e. The number of benzene rings is 1. The molecule has 1 rings (SSSR count). The highest BCUT2D eigenvalue weighted by atomic mass is 16.5. The molecule has 3 N–H and O–H groups in total. The van der Waals surface area contributed by atoms with E-state index in [0.29, 0.717) is 13.0 Å². The Bertz CT molecular complexity index is 395. The number of nitrogens with one attached hydrogen (secondary N) is 1. The van der Waals surface area contributed by atoms with Crippen LogP contribution in [0.15, 0.2) is 18.2 Å². The van der Waals surface area contributed by atoms with Crippen molar-refractivity contribution in [2.24, 2.45) is 0 Å². The highest BCUT2D eigenvalue weighted by Crippen LogP contribution is 2.19. The number of aliphatic hydroxyl groups excluding tert-OH is 2. The fraction of sp³-hybridized carbons (Fsp3) is 0.625. The second-order valence-electron chi connectivity index (χ2n) is 5.26. The third kappa shape index (κ3) is 5.90. The van der Waals surface area contributed by atoms with Crippen molar-refractivity contribution in [3.05, 3.63) is 29.3 Å². The van der Waals surface area contributed by atoms with Gasteiger partial charge in [-0.15, -0.1) is 0 Å². The maximum atomic E-state index is 9.93. The van der Waals surface area contributed by atoms with Gasteiger partial charge in [-0.3, -0.25) is 0 Å². The van der Waals surface area contributed by atoms with E-state index in [0.717, 1.165) is 23.3 Å². The zero-order chi connectivity index (χ0) is 15.0. The van der Waals surface area contributed by atoms with E-state index in [1.54, 1.807) is 0 Å². The Labute approximate surface area is 121 Å². The second-order valence-corrected chi connectivity index (χ2v) is 5.26. The molecule has 0 amide bonds. The SMILES string of the molecule is CCC(CCO)NCC(O)COc1cc(C)ccc1C. The lowest BCUT2D eigenvalue weighted by atomic mass is 10.1. The molecular formula is C16H27NO3. The average Bonchev–Trinajstić information content (AvgIpc) is 2.44. The minimum absolute atomic E-state index is 0.167. The van der Waals surface area contributed by atoms with E-state index < -0.39 is 6.10 Å². The summed E-state index contributed by atoms with van der Waals surface area (Å²) in [5.41, 5.74) is 2.22. The maximum Gasteiger partial charge on any atom is 0.122 e. The van der Waals surface area contributed by atoms with Crippen molar-refractivity contribution >= 4 is 0 Å². The first kappa shape index (κ1) is 17.0. The fourth-order valence-electron chi connectivity index (χ4n) is 2.02. The Hall–Kier alpha value is -1.10. The second kappa shape index (κ2) is 8.95. The van der Waals surface area contributed by atoms with E-state index in [1.807, 2.05) is 32.0 Å². The zero-order valence-corrected chi connectivity index (χ0v) is 12.7. The molecule has 0 aliphatic heterocycles. The molecule has 0 aliphatic rings. The molecule has 0 heterocycles. The summed E-state index contributed by atoms with van der Waals surface area (Å²) in [6.07, 6.45) is 1.09. The standard InChI is InChI=1S/C16H27NO3/c1-4-14(7-8-18)17-10-15(19)11-20-16-9-12(2)5-6-13(16)3/h5-6,9,14-15,17-19H,4,7-8,10-11H2,1-3H3. The molecule has 1 aromatic carbocycles. The Kier molecular flexibility index (Phi) is 7.59.